The summed E-state index contributed by atoms with van der Waals surface area (Å²) < 4.78 is 19.2. The van der Waals surface area contributed by atoms with Crippen LogP contribution in [0.5, 0.6) is 0 Å². The van der Waals surface area contributed by atoms with Crippen molar-refractivity contribution < 1.29 is 13.9 Å². The number of nitrogens with zero attached hydrogens (tertiary/aromatic N) is 3. The van der Waals surface area contributed by atoms with E-state index in [-0.39, 0.29) is 17.8 Å². The van der Waals surface area contributed by atoms with E-state index in [2.05, 4.69) is 9.97 Å². The Hall–Kier alpha value is -2.24. The third-order valence-electron chi connectivity index (χ3n) is 4.02. The van der Waals surface area contributed by atoms with Gasteiger partial charge in [0.25, 0.3) is 0 Å². The first-order valence-corrected chi connectivity index (χ1v) is 8.20. The van der Waals surface area contributed by atoms with E-state index in [4.69, 9.17) is 4.74 Å². The Labute approximate surface area is 140 Å². The number of likely N-dealkylation sites (tertiary alicyclic amines) is 1. The zero-order valence-electron chi connectivity index (χ0n) is 14.3. The lowest BCUT2D eigenvalue weighted by Crippen LogP contribution is -2.35. The van der Waals surface area contributed by atoms with Gasteiger partial charge in [0.2, 0.25) is 0 Å². The number of carbonyl (C=O) groups excluding carboxylic acids is 1. The van der Waals surface area contributed by atoms with Crippen molar-refractivity contribution in [2.75, 3.05) is 13.1 Å². The quantitative estimate of drug-likeness (QED) is 0.844. The first-order chi connectivity index (χ1) is 11.3. The van der Waals surface area contributed by atoms with Gasteiger partial charge >= 0.3 is 6.09 Å². The summed E-state index contributed by atoms with van der Waals surface area (Å²) in [6, 6.07) is 4.84. The Morgan fingerprint density at radius 1 is 1.42 bits per heavy atom. The van der Waals surface area contributed by atoms with Crippen LogP contribution < -0.4 is 0 Å². The Morgan fingerprint density at radius 2 is 2.21 bits per heavy atom. The van der Waals surface area contributed by atoms with Crippen molar-refractivity contribution in [3.8, 4) is 0 Å². The highest BCUT2D eigenvalue weighted by Gasteiger charge is 2.30. The van der Waals surface area contributed by atoms with Gasteiger partial charge in [-0.25, -0.2) is 19.2 Å². The summed E-state index contributed by atoms with van der Waals surface area (Å²) in [5.41, 5.74) is -0.141. The smallest absolute Gasteiger partial charge is 0.410 e. The Balaban J connectivity index is 1.65. The molecule has 6 heteroatoms. The topological polar surface area (TPSA) is 55.3 Å². The highest BCUT2D eigenvalue weighted by Crippen LogP contribution is 2.23. The average molecular weight is 331 g/mol. The maximum atomic E-state index is 13.8. The van der Waals surface area contributed by atoms with E-state index in [0.29, 0.717) is 36.2 Å². The normalized spacial score (nSPS) is 18.2. The molecule has 1 aromatic carbocycles. The van der Waals surface area contributed by atoms with Gasteiger partial charge in [0.15, 0.2) is 0 Å². The number of halogens is 1. The van der Waals surface area contributed by atoms with Gasteiger partial charge in [-0.1, -0.05) is 12.1 Å². The molecule has 0 saturated carbocycles. The summed E-state index contributed by atoms with van der Waals surface area (Å²) in [7, 11) is 0. The maximum Gasteiger partial charge on any atom is 0.410 e. The minimum absolute atomic E-state index is 0.266. The molecule has 1 aliphatic heterocycles. The number of fused-ring (bicyclic) bond motifs is 1. The van der Waals surface area contributed by atoms with Crippen LogP contribution in [0, 0.1) is 11.7 Å². The van der Waals surface area contributed by atoms with Gasteiger partial charge in [-0.05, 0) is 39.2 Å². The van der Waals surface area contributed by atoms with Gasteiger partial charge in [-0.3, -0.25) is 0 Å². The SMILES string of the molecule is CC(C)(C)OC(=O)N1CC[C@@H](Cc2ncc3cccc(F)c3n2)C1. The molecule has 0 radical (unpaired) electrons. The number of para-hydroxylation sites is 1. The molecule has 0 aliphatic carbocycles. The van der Waals surface area contributed by atoms with E-state index >= 15 is 0 Å². The highest BCUT2D eigenvalue weighted by molar-refractivity contribution is 5.78. The zero-order valence-corrected chi connectivity index (χ0v) is 14.3. The van der Waals surface area contributed by atoms with Crippen molar-refractivity contribution in [3.05, 3.63) is 36.0 Å². The lowest BCUT2D eigenvalue weighted by atomic mass is 10.0. The Kier molecular flexibility index (Phi) is 4.39. The molecule has 0 unspecified atom stereocenters. The molecule has 1 aromatic heterocycles. The number of rotatable bonds is 2. The number of ether oxygens (including phenoxy) is 1. The Morgan fingerprint density at radius 3 is 2.96 bits per heavy atom. The number of hydrogen-bond acceptors (Lipinski definition) is 4. The van der Waals surface area contributed by atoms with Gasteiger partial charge in [-0.15, -0.1) is 0 Å². The van der Waals surface area contributed by atoms with E-state index < -0.39 is 5.60 Å². The first kappa shape index (κ1) is 16.6. The van der Waals surface area contributed by atoms with E-state index in [9.17, 15) is 9.18 Å². The molecule has 0 spiro atoms. The second kappa shape index (κ2) is 6.34. The molecular formula is C18H22FN3O2. The van der Waals surface area contributed by atoms with Gasteiger partial charge in [0.1, 0.15) is 22.8 Å². The number of aromatic nitrogens is 2. The van der Waals surface area contributed by atoms with E-state index in [1.807, 2.05) is 20.8 Å². The predicted octanol–water partition coefficient (Wildman–Crippen LogP) is 3.57. The average Bonchev–Trinajstić information content (AvgIpc) is 2.95. The first-order valence-electron chi connectivity index (χ1n) is 8.20. The molecule has 5 nitrogen and oxygen atoms in total. The van der Waals surface area contributed by atoms with Gasteiger partial charge in [-0.2, -0.15) is 0 Å². The van der Waals surface area contributed by atoms with Crippen molar-refractivity contribution in [1.29, 1.82) is 0 Å². The lowest BCUT2D eigenvalue weighted by Gasteiger charge is -2.24. The summed E-state index contributed by atoms with van der Waals surface area (Å²) in [4.78, 5) is 22.5. The van der Waals surface area contributed by atoms with Crippen molar-refractivity contribution in [2.24, 2.45) is 5.92 Å². The molecule has 2 heterocycles. The van der Waals surface area contributed by atoms with Gasteiger partial charge < -0.3 is 9.64 Å². The van der Waals surface area contributed by atoms with Crippen LogP contribution in [0.25, 0.3) is 10.9 Å². The fraction of sp³-hybridized carbons (Fsp3) is 0.500. The summed E-state index contributed by atoms with van der Waals surface area (Å²) in [5.74, 6) is 0.545. The highest BCUT2D eigenvalue weighted by atomic mass is 19.1. The van der Waals surface area contributed by atoms with E-state index in [1.165, 1.54) is 6.07 Å². The second-order valence-corrected chi connectivity index (χ2v) is 7.25. The second-order valence-electron chi connectivity index (χ2n) is 7.25. The molecule has 1 fully saturated rings. The molecule has 128 valence electrons. The van der Waals surface area contributed by atoms with Crippen LogP contribution in [0.15, 0.2) is 24.4 Å². The van der Waals surface area contributed by atoms with E-state index in [0.717, 1.165) is 6.42 Å². The summed E-state index contributed by atoms with van der Waals surface area (Å²) in [6.45, 7) is 6.86. The maximum absolute atomic E-state index is 13.8. The minimum Gasteiger partial charge on any atom is -0.444 e. The number of amides is 1. The fourth-order valence-electron chi connectivity index (χ4n) is 2.90. The predicted molar refractivity (Wildman–Crippen MR) is 89.1 cm³/mol. The van der Waals surface area contributed by atoms with Crippen molar-refractivity contribution in [3.63, 3.8) is 0 Å². The summed E-state index contributed by atoms with van der Waals surface area (Å²) in [5, 5.41) is 0.695. The largest absolute Gasteiger partial charge is 0.444 e. The third kappa shape index (κ3) is 3.80. The third-order valence-corrected chi connectivity index (χ3v) is 4.02. The lowest BCUT2D eigenvalue weighted by molar-refractivity contribution is 0.0288. The molecule has 1 saturated heterocycles. The molecule has 1 atom stereocenters. The molecule has 24 heavy (non-hydrogen) atoms. The van der Waals surface area contributed by atoms with Crippen LogP contribution in [0.1, 0.15) is 33.0 Å². The molecule has 1 amide bonds. The summed E-state index contributed by atoms with van der Waals surface area (Å²) in [6.07, 6.45) is 2.87. The summed E-state index contributed by atoms with van der Waals surface area (Å²) >= 11 is 0. The van der Waals surface area contributed by atoms with Crippen molar-refractivity contribution in [2.45, 2.75) is 39.2 Å². The molecule has 1 aliphatic rings. The van der Waals surface area contributed by atoms with Crippen LogP contribution in [0.4, 0.5) is 9.18 Å². The van der Waals surface area contributed by atoms with Crippen LogP contribution in [-0.4, -0.2) is 39.7 Å². The van der Waals surface area contributed by atoms with Crippen molar-refractivity contribution >= 4 is 17.0 Å². The monoisotopic (exact) mass is 331 g/mol. The minimum atomic E-state index is -0.492. The number of hydrogen-bond donors (Lipinski definition) is 0. The van der Waals surface area contributed by atoms with Crippen LogP contribution in [-0.2, 0) is 11.2 Å². The number of carbonyl (C=O) groups is 1. The van der Waals surface area contributed by atoms with Crippen molar-refractivity contribution in [1.82, 2.24) is 14.9 Å². The number of benzene rings is 1. The van der Waals surface area contributed by atoms with Gasteiger partial charge in [0, 0.05) is 31.1 Å². The zero-order chi connectivity index (χ0) is 17.3. The molecule has 0 bridgehead atoms. The molecule has 3 rings (SSSR count). The van der Waals surface area contributed by atoms with Crippen LogP contribution in [0.3, 0.4) is 0 Å². The fourth-order valence-corrected chi connectivity index (χ4v) is 2.90. The van der Waals surface area contributed by atoms with Gasteiger partial charge in [0.05, 0.1) is 0 Å². The van der Waals surface area contributed by atoms with Crippen LogP contribution in [0.2, 0.25) is 0 Å². The molecule has 2 aromatic rings. The Bertz CT molecular complexity index is 758. The molecule has 0 N–H and O–H groups in total. The molecular weight excluding hydrogens is 309 g/mol. The standard InChI is InChI=1S/C18H22FN3O2/c1-18(2,3)24-17(23)22-8-7-12(11-22)9-15-20-10-13-5-4-6-14(19)16(13)21-15/h4-6,10,12H,7-9,11H2,1-3H3/t12-/m0/s1. The van der Waals surface area contributed by atoms with Crippen LogP contribution >= 0.6 is 0 Å². The van der Waals surface area contributed by atoms with E-state index in [1.54, 1.807) is 23.2 Å².